The Morgan fingerprint density at radius 3 is 1.77 bits per heavy atom. The maximum atomic E-state index is 14.5. The average Bonchev–Trinajstić information content (AvgIpc) is 2.66. The molecule has 1 aliphatic heterocycles. The van der Waals surface area contributed by atoms with Crippen LogP contribution in [0.4, 0.5) is 0 Å². The lowest BCUT2D eigenvalue weighted by Gasteiger charge is -2.26. The predicted molar refractivity (Wildman–Crippen MR) is 350 cm³/mol. The van der Waals surface area contributed by atoms with E-state index in [1.165, 1.54) is 6.92 Å². The molecule has 1 saturated heterocycles. The summed E-state index contributed by atoms with van der Waals surface area (Å²) in [6, 6.07) is -3.42. The Labute approximate surface area is 563 Å². The van der Waals surface area contributed by atoms with Gasteiger partial charge in [-0.1, -0.05) is 30.3 Å². The van der Waals surface area contributed by atoms with Crippen molar-refractivity contribution in [3.05, 3.63) is 35.9 Å². The summed E-state index contributed by atoms with van der Waals surface area (Å²) in [6.07, 6.45) is 4.29. The summed E-state index contributed by atoms with van der Waals surface area (Å²) in [7, 11) is 0. The number of hydrogen-bond donors (Lipinski definition) is 19. The molecule has 0 aliphatic carbocycles. The number of carbonyl (C=O) groups excluding carboxylic acids is 13. The SMILES string of the molecule is C#CCC(NC(C)=O)C(=O)NCCCC[C@@H]1NC(=O)CSC[C@@H](C(=O)NCCOCCOCCOCCNC(=O)COCC(N)=O)NC(=O)[C@H](Cc2ccccc2)NC(=O)C(CS)NC(=O)[C@H](CC(=O)O)NC(=O)CNC(=O)[C@H](CCCNC(=N)N)NC(=O)[C@H](CS)NC1=O. The summed E-state index contributed by atoms with van der Waals surface area (Å²) in [5.74, 6) is -12.0. The second kappa shape index (κ2) is 48.3. The van der Waals surface area contributed by atoms with Gasteiger partial charge in [0.1, 0.15) is 61.5 Å². The van der Waals surface area contributed by atoms with Crippen molar-refractivity contribution in [2.45, 2.75) is 107 Å². The molecule has 1 aliphatic rings. The Morgan fingerprint density at radius 2 is 1.18 bits per heavy atom. The molecule has 1 heterocycles. The molecule has 19 N–H and O–H groups in total. The third-order valence-electron chi connectivity index (χ3n) is 13.0. The first-order valence-electron chi connectivity index (χ1n) is 30.0. The van der Waals surface area contributed by atoms with E-state index >= 15 is 0 Å². The lowest BCUT2D eigenvalue weighted by Crippen LogP contribution is -2.60. The Morgan fingerprint density at radius 1 is 0.642 bits per heavy atom. The highest BCUT2D eigenvalue weighted by molar-refractivity contribution is 8.00. The van der Waals surface area contributed by atoms with E-state index in [1.54, 1.807) is 30.3 Å². The molecular weight excluding hydrogens is 1310 g/mol. The fourth-order valence-electron chi connectivity index (χ4n) is 8.33. The van der Waals surface area contributed by atoms with Crippen LogP contribution in [0.3, 0.4) is 0 Å². The van der Waals surface area contributed by atoms with Gasteiger partial charge in [-0.05, 0) is 37.7 Å². The zero-order valence-electron chi connectivity index (χ0n) is 52.5. The number of guanidine groups is 1. The van der Waals surface area contributed by atoms with Crippen molar-refractivity contribution in [3.63, 3.8) is 0 Å². The molecule has 2 unspecified atom stereocenters. The zero-order valence-corrected chi connectivity index (χ0v) is 55.1. The number of thiol groups is 2. The monoisotopic (exact) mass is 1400 g/mol. The van der Waals surface area contributed by atoms with Crippen molar-refractivity contribution >= 4 is 126 Å². The highest BCUT2D eigenvalue weighted by atomic mass is 32.2. The highest BCUT2D eigenvalue weighted by Crippen LogP contribution is 2.11. The van der Waals surface area contributed by atoms with Gasteiger partial charge in [-0.15, -0.1) is 24.1 Å². The number of carboxylic acid groups (broad SMARTS) is 1. The number of hydrogen-bond acceptors (Lipinski definition) is 22. The first-order valence-corrected chi connectivity index (χ1v) is 32.4. The number of thioether (sulfide) groups is 1. The molecule has 0 saturated carbocycles. The second-order valence-electron chi connectivity index (χ2n) is 20.8. The van der Waals surface area contributed by atoms with Crippen LogP contribution in [-0.2, 0) is 92.5 Å². The van der Waals surface area contributed by atoms with Crippen molar-refractivity contribution in [2.75, 3.05) is 109 Å². The van der Waals surface area contributed by atoms with E-state index in [0.29, 0.717) is 5.56 Å². The van der Waals surface area contributed by atoms with E-state index < -0.39 is 168 Å². The number of carboxylic acids is 1. The molecule has 0 aromatic heterocycles. The van der Waals surface area contributed by atoms with Gasteiger partial charge in [-0.2, -0.15) is 25.3 Å². The van der Waals surface area contributed by atoms with E-state index in [0.717, 1.165) is 11.8 Å². The third kappa shape index (κ3) is 37.3. The van der Waals surface area contributed by atoms with Gasteiger partial charge in [-0.3, -0.25) is 72.5 Å². The molecular formula is C57H88N16O19S3. The molecule has 1 aromatic carbocycles. The van der Waals surface area contributed by atoms with Gasteiger partial charge in [0.25, 0.3) is 0 Å². The molecule has 0 spiro atoms. The van der Waals surface area contributed by atoms with E-state index in [2.05, 4.69) is 100 Å². The predicted octanol–water partition coefficient (Wildman–Crippen LogP) is -7.32. The normalized spacial score (nSPS) is 20.1. The molecule has 528 valence electrons. The summed E-state index contributed by atoms with van der Waals surface area (Å²) in [5, 5.41) is 49.8. The third-order valence-corrected chi connectivity index (χ3v) is 14.8. The molecule has 1 aromatic rings. The summed E-state index contributed by atoms with van der Waals surface area (Å²) >= 11 is 9.33. The number of unbranched alkanes of at least 4 members (excludes halogenated alkanes) is 1. The summed E-state index contributed by atoms with van der Waals surface area (Å²) in [6.45, 7) is 0.404. The highest BCUT2D eigenvalue weighted by Gasteiger charge is 2.34. The maximum absolute atomic E-state index is 14.5. The number of terminal acetylenes is 1. The molecule has 13 amide bonds. The van der Waals surface area contributed by atoms with Gasteiger partial charge >= 0.3 is 5.97 Å². The number of nitrogens with one attached hydrogen (secondary N) is 14. The Kier molecular flexibility index (Phi) is 42.0. The number of benzene rings is 1. The van der Waals surface area contributed by atoms with Crippen LogP contribution in [0, 0.1) is 17.8 Å². The first-order chi connectivity index (χ1) is 45.4. The molecule has 38 heteroatoms. The number of primary amides is 1. The number of amides is 13. The standard InChI is InChI=1S/C57H88N16O19S3/c1-3-10-36(66-34(2)74)49(81)62-15-8-7-13-38-52(84)71-41(30-93)55(87)69-37(14-9-16-64-57(59)60)50(82)65-27-45(76)68-40(26-48(79)80)54(86)72-42(31-94)56(88)70-39(25-35-11-5-4-6-12-35)53(85)73-43(32-95-33-47(78)67-38)51(83)63-18-20-90-22-24-91-23-21-89-19-17-61-46(77)29-92-28-44(58)75/h1,4-6,11-12,36-43,93-94H,7-10,13-33H2,2H3,(H2,58,75)(H,61,77)(H,62,81)(H,63,83)(H,65,82)(H,66,74)(H,67,78)(H,68,76)(H,69,87)(H,70,88)(H,71,84)(H,72,86)(H,73,85)(H,79,80)(H4,59,60,64)/t36?,37-,38-,39-,40-,41-,42?,43-/m0/s1. The van der Waals surface area contributed by atoms with Crippen LogP contribution in [0.2, 0.25) is 0 Å². The van der Waals surface area contributed by atoms with Crippen molar-refractivity contribution in [1.29, 1.82) is 5.41 Å². The smallest absolute Gasteiger partial charge is 0.305 e. The fraction of sp³-hybridized carbons (Fsp3) is 0.596. The van der Waals surface area contributed by atoms with Crippen LogP contribution in [0.25, 0.3) is 0 Å². The minimum atomic E-state index is -1.86. The quantitative estimate of drug-likeness (QED) is 0.00987. The maximum Gasteiger partial charge on any atom is 0.305 e. The number of rotatable bonds is 35. The van der Waals surface area contributed by atoms with E-state index in [4.69, 9.17) is 42.2 Å². The van der Waals surface area contributed by atoms with Gasteiger partial charge in [0.2, 0.25) is 76.8 Å². The van der Waals surface area contributed by atoms with Crippen LogP contribution in [-0.4, -0.2) is 251 Å². The van der Waals surface area contributed by atoms with Gasteiger partial charge in [0.15, 0.2) is 5.96 Å². The summed E-state index contributed by atoms with van der Waals surface area (Å²) in [5.41, 5.74) is 10.9. The van der Waals surface area contributed by atoms with Crippen LogP contribution in [0.1, 0.15) is 57.4 Å². The topological polar surface area (TPSA) is 528 Å². The van der Waals surface area contributed by atoms with Crippen LogP contribution >= 0.6 is 37.0 Å². The number of ether oxygens (including phenoxy) is 4. The van der Waals surface area contributed by atoms with E-state index in [-0.39, 0.29) is 129 Å². The molecule has 8 atom stereocenters. The van der Waals surface area contributed by atoms with Crippen molar-refractivity contribution in [1.82, 2.24) is 69.1 Å². The minimum Gasteiger partial charge on any atom is -0.481 e. The van der Waals surface area contributed by atoms with Crippen LogP contribution in [0.5, 0.6) is 0 Å². The number of carbonyl (C=O) groups is 14. The van der Waals surface area contributed by atoms with Gasteiger partial charge in [-0.25, -0.2) is 0 Å². The number of nitrogens with two attached hydrogens (primary N) is 2. The zero-order chi connectivity index (χ0) is 70.5. The molecule has 2 rings (SSSR count). The lowest BCUT2D eigenvalue weighted by atomic mass is 10.0. The fourth-order valence-corrected chi connectivity index (χ4v) is 9.71. The van der Waals surface area contributed by atoms with Gasteiger partial charge in [0, 0.05) is 63.2 Å². The molecule has 95 heavy (non-hydrogen) atoms. The Bertz CT molecular complexity index is 2770. The average molecular weight is 1400 g/mol. The van der Waals surface area contributed by atoms with E-state index in [1.807, 2.05) is 0 Å². The van der Waals surface area contributed by atoms with Crippen molar-refractivity contribution in [2.24, 2.45) is 11.5 Å². The lowest BCUT2D eigenvalue weighted by molar-refractivity contribution is -0.141. The first kappa shape index (κ1) is 82.6. The Hall–Kier alpha value is -8.48. The Balaban J connectivity index is 2.51. The van der Waals surface area contributed by atoms with Crippen LogP contribution in [0.15, 0.2) is 30.3 Å². The summed E-state index contributed by atoms with van der Waals surface area (Å²) in [4.78, 5) is 184. The van der Waals surface area contributed by atoms with Crippen molar-refractivity contribution < 1.29 is 91.2 Å². The van der Waals surface area contributed by atoms with Gasteiger partial charge in [0.05, 0.1) is 58.4 Å². The van der Waals surface area contributed by atoms with E-state index in [9.17, 15) is 72.2 Å². The van der Waals surface area contributed by atoms with Crippen LogP contribution < -0.4 is 80.6 Å². The summed E-state index contributed by atoms with van der Waals surface area (Å²) < 4.78 is 21.3. The molecule has 35 nitrogen and oxygen atoms in total. The molecule has 0 bridgehead atoms. The second-order valence-corrected chi connectivity index (χ2v) is 22.6. The largest absolute Gasteiger partial charge is 0.481 e. The minimum absolute atomic E-state index is 0.0366. The number of aliphatic carboxylic acids is 1. The van der Waals surface area contributed by atoms with Crippen molar-refractivity contribution in [3.8, 4) is 12.3 Å². The molecule has 1 fully saturated rings. The molecule has 0 radical (unpaired) electrons. The van der Waals surface area contributed by atoms with Gasteiger partial charge < -0.3 is 105 Å².